The van der Waals surface area contributed by atoms with E-state index in [4.69, 9.17) is 0 Å². The fourth-order valence-electron chi connectivity index (χ4n) is 1.66. The van der Waals surface area contributed by atoms with Gasteiger partial charge in [-0.25, -0.2) is 4.79 Å². The molecular weight excluding hydrogens is 214 g/mol. The van der Waals surface area contributed by atoms with E-state index in [1.54, 1.807) is 13.0 Å². The number of hydrogen-bond donors (Lipinski definition) is 2. The average molecular weight is 233 g/mol. The Kier molecular flexibility index (Phi) is 4.32. The molecule has 17 heavy (non-hydrogen) atoms. The lowest BCUT2D eigenvalue weighted by molar-refractivity contribution is -0.141. The molecule has 0 aliphatic carbocycles. The lowest BCUT2D eigenvalue weighted by Gasteiger charge is -2.27. The van der Waals surface area contributed by atoms with Gasteiger partial charge in [-0.1, -0.05) is 18.2 Å². The van der Waals surface area contributed by atoms with Crippen molar-refractivity contribution in [2.75, 3.05) is 5.32 Å². The smallest absolute Gasteiger partial charge is 0.329 e. The Morgan fingerprint density at radius 3 is 2.82 bits per heavy atom. The molecule has 3 nitrogen and oxygen atoms in total. The Hall–Kier alpha value is -1.77. The van der Waals surface area contributed by atoms with Crippen LogP contribution in [0.25, 0.3) is 0 Å². The van der Waals surface area contributed by atoms with Gasteiger partial charge in [-0.05, 0) is 44.4 Å². The minimum absolute atomic E-state index is 0.514. The van der Waals surface area contributed by atoms with Crippen molar-refractivity contribution < 1.29 is 9.90 Å². The van der Waals surface area contributed by atoms with Gasteiger partial charge in [0, 0.05) is 5.69 Å². The highest BCUT2D eigenvalue weighted by Crippen LogP contribution is 2.21. The highest BCUT2D eigenvalue weighted by atomic mass is 16.4. The maximum atomic E-state index is 11.3. The summed E-state index contributed by atoms with van der Waals surface area (Å²) in [4.78, 5) is 11.3. The predicted molar refractivity (Wildman–Crippen MR) is 70.3 cm³/mol. The van der Waals surface area contributed by atoms with E-state index in [1.165, 1.54) is 0 Å². The van der Waals surface area contributed by atoms with Crippen LogP contribution in [0.1, 0.15) is 25.3 Å². The Morgan fingerprint density at radius 2 is 2.29 bits per heavy atom. The monoisotopic (exact) mass is 233 g/mol. The second kappa shape index (κ2) is 5.53. The van der Waals surface area contributed by atoms with Gasteiger partial charge in [-0.3, -0.25) is 0 Å². The molecule has 0 saturated heterocycles. The van der Waals surface area contributed by atoms with Crippen molar-refractivity contribution in [2.45, 2.75) is 32.2 Å². The standard InChI is InChI=1S/C14H19NO2/c1-4-5-9-14(3,13(16)17)15-12-8-6-7-11(2)10-12/h4,6-8,10,15H,1,5,9H2,2-3H3,(H,16,17). The van der Waals surface area contributed by atoms with Crippen molar-refractivity contribution in [2.24, 2.45) is 0 Å². The molecule has 0 heterocycles. The number of benzene rings is 1. The van der Waals surface area contributed by atoms with Crippen LogP contribution in [-0.4, -0.2) is 16.6 Å². The topological polar surface area (TPSA) is 49.3 Å². The van der Waals surface area contributed by atoms with Crippen LogP contribution in [0, 0.1) is 6.92 Å². The number of nitrogens with one attached hydrogen (secondary N) is 1. The first-order valence-corrected chi connectivity index (χ1v) is 5.67. The molecule has 1 atom stereocenters. The van der Waals surface area contributed by atoms with Crippen LogP contribution >= 0.6 is 0 Å². The zero-order chi connectivity index (χ0) is 12.9. The SMILES string of the molecule is C=CCCC(C)(Nc1cccc(C)c1)C(=O)O. The molecule has 2 N–H and O–H groups in total. The van der Waals surface area contributed by atoms with Crippen molar-refractivity contribution in [3.8, 4) is 0 Å². The van der Waals surface area contributed by atoms with Crippen LogP contribution < -0.4 is 5.32 Å². The van der Waals surface area contributed by atoms with Crippen molar-refractivity contribution in [1.82, 2.24) is 0 Å². The van der Waals surface area contributed by atoms with E-state index < -0.39 is 11.5 Å². The minimum Gasteiger partial charge on any atom is -0.480 e. The second-order valence-corrected chi connectivity index (χ2v) is 4.46. The van der Waals surface area contributed by atoms with E-state index in [9.17, 15) is 9.90 Å². The molecule has 0 amide bonds. The molecule has 0 saturated carbocycles. The lowest BCUT2D eigenvalue weighted by Crippen LogP contribution is -2.43. The highest BCUT2D eigenvalue weighted by molar-refractivity contribution is 5.82. The molecule has 0 aliphatic heterocycles. The number of rotatable bonds is 6. The maximum absolute atomic E-state index is 11.3. The van der Waals surface area contributed by atoms with Crippen molar-refractivity contribution in [3.63, 3.8) is 0 Å². The van der Waals surface area contributed by atoms with Gasteiger partial charge in [0.2, 0.25) is 0 Å². The van der Waals surface area contributed by atoms with E-state index in [0.717, 1.165) is 11.3 Å². The number of carbonyl (C=O) groups is 1. The summed E-state index contributed by atoms with van der Waals surface area (Å²) in [6.45, 7) is 7.30. The number of aliphatic carboxylic acids is 1. The first-order chi connectivity index (χ1) is 7.98. The third kappa shape index (κ3) is 3.63. The molecule has 0 fully saturated rings. The number of carboxylic acids is 1. The molecule has 1 aromatic carbocycles. The molecule has 0 spiro atoms. The van der Waals surface area contributed by atoms with Crippen LogP contribution in [0.4, 0.5) is 5.69 Å². The molecule has 0 bridgehead atoms. The van der Waals surface area contributed by atoms with Crippen molar-refractivity contribution in [1.29, 1.82) is 0 Å². The number of carboxylic acid groups (broad SMARTS) is 1. The lowest BCUT2D eigenvalue weighted by atomic mass is 9.95. The molecule has 0 aliphatic rings. The van der Waals surface area contributed by atoms with E-state index in [-0.39, 0.29) is 0 Å². The Bertz CT molecular complexity index is 414. The molecule has 92 valence electrons. The molecule has 0 radical (unpaired) electrons. The first-order valence-electron chi connectivity index (χ1n) is 5.67. The van der Waals surface area contributed by atoms with E-state index in [2.05, 4.69) is 11.9 Å². The van der Waals surface area contributed by atoms with Gasteiger partial charge in [-0.2, -0.15) is 0 Å². The van der Waals surface area contributed by atoms with Crippen LogP contribution in [0.3, 0.4) is 0 Å². The molecule has 1 unspecified atom stereocenters. The highest BCUT2D eigenvalue weighted by Gasteiger charge is 2.31. The molecule has 3 heteroatoms. The van der Waals surface area contributed by atoms with E-state index in [1.807, 2.05) is 31.2 Å². The Labute approximate surface area is 102 Å². The fraction of sp³-hybridized carbons (Fsp3) is 0.357. The molecule has 1 rings (SSSR count). The second-order valence-electron chi connectivity index (χ2n) is 4.46. The summed E-state index contributed by atoms with van der Waals surface area (Å²) in [6, 6.07) is 7.71. The summed E-state index contributed by atoms with van der Waals surface area (Å²) in [6.07, 6.45) is 2.92. The molecule has 0 aromatic heterocycles. The molecule has 1 aromatic rings. The summed E-state index contributed by atoms with van der Waals surface area (Å²) >= 11 is 0. The zero-order valence-electron chi connectivity index (χ0n) is 10.4. The predicted octanol–water partition coefficient (Wildman–Crippen LogP) is 3.22. The summed E-state index contributed by atoms with van der Waals surface area (Å²) in [7, 11) is 0. The number of allylic oxidation sites excluding steroid dienone is 1. The zero-order valence-corrected chi connectivity index (χ0v) is 10.4. The van der Waals surface area contributed by atoms with Crippen LogP contribution in [0.2, 0.25) is 0 Å². The van der Waals surface area contributed by atoms with Gasteiger partial charge in [0.05, 0.1) is 0 Å². The molecular formula is C14H19NO2. The summed E-state index contributed by atoms with van der Waals surface area (Å²) < 4.78 is 0. The van der Waals surface area contributed by atoms with Crippen LogP contribution in [0.5, 0.6) is 0 Å². The average Bonchev–Trinajstić information content (AvgIpc) is 2.26. The normalized spacial score (nSPS) is 13.8. The fourth-order valence-corrected chi connectivity index (χ4v) is 1.66. The van der Waals surface area contributed by atoms with Gasteiger partial charge >= 0.3 is 5.97 Å². The van der Waals surface area contributed by atoms with Crippen molar-refractivity contribution in [3.05, 3.63) is 42.5 Å². The number of anilines is 1. The number of hydrogen-bond acceptors (Lipinski definition) is 2. The van der Waals surface area contributed by atoms with Crippen LogP contribution in [-0.2, 0) is 4.79 Å². The van der Waals surface area contributed by atoms with Gasteiger partial charge in [0.15, 0.2) is 0 Å². The quantitative estimate of drug-likeness (QED) is 0.742. The Balaban J connectivity index is 2.86. The van der Waals surface area contributed by atoms with Gasteiger partial charge in [-0.15, -0.1) is 6.58 Å². The maximum Gasteiger partial charge on any atom is 0.329 e. The van der Waals surface area contributed by atoms with E-state index >= 15 is 0 Å². The van der Waals surface area contributed by atoms with Gasteiger partial charge in [0.25, 0.3) is 0 Å². The van der Waals surface area contributed by atoms with E-state index in [0.29, 0.717) is 12.8 Å². The third-order valence-corrected chi connectivity index (χ3v) is 2.76. The van der Waals surface area contributed by atoms with Gasteiger partial charge < -0.3 is 10.4 Å². The van der Waals surface area contributed by atoms with Crippen molar-refractivity contribution >= 4 is 11.7 Å². The third-order valence-electron chi connectivity index (χ3n) is 2.76. The van der Waals surface area contributed by atoms with Gasteiger partial charge in [0.1, 0.15) is 5.54 Å². The Morgan fingerprint density at radius 1 is 1.59 bits per heavy atom. The summed E-state index contributed by atoms with van der Waals surface area (Å²) in [5.74, 6) is -0.846. The number of aryl methyl sites for hydroxylation is 1. The first kappa shape index (κ1) is 13.3. The summed E-state index contributed by atoms with van der Waals surface area (Å²) in [5.41, 5.74) is 0.979. The largest absolute Gasteiger partial charge is 0.480 e. The van der Waals surface area contributed by atoms with Crippen LogP contribution in [0.15, 0.2) is 36.9 Å². The summed E-state index contributed by atoms with van der Waals surface area (Å²) in [5, 5.41) is 12.4. The minimum atomic E-state index is -0.956.